The summed E-state index contributed by atoms with van der Waals surface area (Å²) >= 11 is 5.86. The molecule has 3 heterocycles. The lowest BCUT2D eigenvalue weighted by Crippen LogP contribution is -2.20. The summed E-state index contributed by atoms with van der Waals surface area (Å²) in [6.45, 7) is 2.00. The largest absolute Gasteiger partial charge is 0.336 e. The topological polar surface area (TPSA) is 62.7 Å². The number of halogens is 2. The predicted octanol–water partition coefficient (Wildman–Crippen LogP) is 3.42. The second-order valence-corrected chi connectivity index (χ2v) is 7.11. The zero-order chi connectivity index (χ0) is 17.0. The van der Waals surface area contributed by atoms with Crippen molar-refractivity contribution in [1.82, 2.24) is 20.3 Å². The number of aromatic nitrogens is 3. The molecule has 2 aromatic heterocycles. The molecule has 1 aliphatic heterocycles. The van der Waals surface area contributed by atoms with Gasteiger partial charge >= 0.3 is 0 Å². The number of hydrogen-bond acceptors (Lipinski definition) is 5. The lowest BCUT2D eigenvalue weighted by Gasteiger charge is -2.14. The van der Waals surface area contributed by atoms with Crippen LogP contribution < -0.4 is 10.6 Å². The summed E-state index contributed by atoms with van der Waals surface area (Å²) in [7, 11) is 0. The molecule has 1 saturated carbocycles. The molecule has 25 heavy (non-hydrogen) atoms. The normalized spacial score (nSPS) is 24.3. The molecular formula is C18H15ClFN5. The van der Waals surface area contributed by atoms with Crippen LogP contribution >= 0.6 is 11.6 Å². The zero-order valence-corrected chi connectivity index (χ0v) is 14.0. The third-order valence-electron chi connectivity index (χ3n) is 5.26. The van der Waals surface area contributed by atoms with Crippen LogP contribution in [0.15, 0.2) is 36.7 Å². The van der Waals surface area contributed by atoms with E-state index in [2.05, 4.69) is 20.6 Å². The molecule has 1 aromatic carbocycles. The van der Waals surface area contributed by atoms with E-state index in [0.29, 0.717) is 17.3 Å². The van der Waals surface area contributed by atoms with Crippen LogP contribution in [0.4, 0.5) is 15.9 Å². The monoisotopic (exact) mass is 355 g/mol. The minimum Gasteiger partial charge on any atom is -0.336 e. The SMILES string of the molecule is Fc1c(Cl)cccc1Nc1ncnc2ccc(C34CNCC3C4)nc12. The van der Waals surface area contributed by atoms with Gasteiger partial charge in [-0.2, -0.15) is 0 Å². The second kappa shape index (κ2) is 5.34. The van der Waals surface area contributed by atoms with Crippen molar-refractivity contribution < 1.29 is 4.39 Å². The smallest absolute Gasteiger partial charge is 0.165 e. The van der Waals surface area contributed by atoms with Gasteiger partial charge < -0.3 is 10.6 Å². The molecule has 5 nitrogen and oxygen atoms in total. The molecule has 0 spiro atoms. The van der Waals surface area contributed by atoms with Crippen LogP contribution in [0, 0.1) is 11.7 Å². The van der Waals surface area contributed by atoms with E-state index in [0.717, 1.165) is 30.7 Å². The Labute approximate surface area is 148 Å². The molecule has 126 valence electrons. The van der Waals surface area contributed by atoms with Crippen LogP contribution in [0.25, 0.3) is 11.0 Å². The molecule has 2 N–H and O–H groups in total. The van der Waals surface area contributed by atoms with E-state index < -0.39 is 5.82 Å². The van der Waals surface area contributed by atoms with Crippen LogP contribution in [-0.4, -0.2) is 28.0 Å². The Morgan fingerprint density at radius 2 is 2.16 bits per heavy atom. The first-order valence-electron chi connectivity index (χ1n) is 8.21. The Kier molecular flexibility index (Phi) is 3.20. The van der Waals surface area contributed by atoms with E-state index in [9.17, 15) is 4.39 Å². The van der Waals surface area contributed by atoms with Crippen molar-refractivity contribution in [3.63, 3.8) is 0 Å². The molecule has 2 unspecified atom stereocenters. The molecule has 3 aromatic rings. The Hall–Kier alpha value is -2.31. The van der Waals surface area contributed by atoms with Crippen molar-refractivity contribution >= 4 is 34.1 Å². The van der Waals surface area contributed by atoms with Crippen molar-refractivity contribution in [2.24, 2.45) is 5.92 Å². The maximum absolute atomic E-state index is 14.2. The Morgan fingerprint density at radius 1 is 1.24 bits per heavy atom. The van der Waals surface area contributed by atoms with Crippen molar-refractivity contribution in [2.45, 2.75) is 11.8 Å². The molecule has 0 radical (unpaired) electrons. The summed E-state index contributed by atoms with van der Waals surface area (Å²) in [6, 6.07) is 8.83. The molecule has 5 rings (SSSR count). The predicted molar refractivity (Wildman–Crippen MR) is 94.7 cm³/mol. The summed E-state index contributed by atoms with van der Waals surface area (Å²) in [5, 5.41) is 6.50. The number of benzene rings is 1. The minimum absolute atomic E-state index is 0.0637. The van der Waals surface area contributed by atoms with Gasteiger partial charge in [-0.1, -0.05) is 17.7 Å². The highest BCUT2D eigenvalue weighted by molar-refractivity contribution is 6.31. The van der Waals surface area contributed by atoms with Crippen molar-refractivity contribution in [3.05, 3.63) is 53.2 Å². The fraction of sp³-hybridized carbons (Fsp3) is 0.278. The van der Waals surface area contributed by atoms with E-state index in [4.69, 9.17) is 16.6 Å². The molecule has 7 heteroatoms. The Balaban J connectivity index is 1.59. The van der Waals surface area contributed by atoms with Gasteiger partial charge in [0.1, 0.15) is 11.8 Å². The summed E-state index contributed by atoms with van der Waals surface area (Å²) in [5.74, 6) is 0.629. The molecule has 0 bridgehead atoms. The van der Waals surface area contributed by atoms with Gasteiger partial charge in [0.15, 0.2) is 11.6 Å². The van der Waals surface area contributed by atoms with E-state index >= 15 is 0 Å². The first kappa shape index (κ1) is 15.0. The van der Waals surface area contributed by atoms with Gasteiger partial charge in [0, 0.05) is 17.7 Å². The van der Waals surface area contributed by atoms with Gasteiger partial charge in [-0.3, -0.25) is 0 Å². The Morgan fingerprint density at radius 3 is 2.96 bits per heavy atom. The van der Waals surface area contributed by atoms with E-state index in [1.165, 1.54) is 12.4 Å². The fourth-order valence-electron chi connectivity index (χ4n) is 3.78. The maximum atomic E-state index is 14.2. The molecular weight excluding hydrogens is 341 g/mol. The van der Waals surface area contributed by atoms with Gasteiger partial charge in [-0.25, -0.2) is 19.3 Å². The first-order chi connectivity index (χ1) is 12.2. The third-order valence-corrected chi connectivity index (χ3v) is 5.55. The van der Waals surface area contributed by atoms with Gasteiger partial charge in [0.25, 0.3) is 0 Å². The number of rotatable bonds is 3. The first-order valence-corrected chi connectivity index (χ1v) is 8.59. The average Bonchev–Trinajstić information content (AvgIpc) is 3.20. The van der Waals surface area contributed by atoms with Gasteiger partial charge in [0.2, 0.25) is 0 Å². The van der Waals surface area contributed by atoms with Gasteiger partial charge in [-0.05, 0) is 43.1 Å². The highest BCUT2D eigenvalue weighted by Crippen LogP contribution is 2.55. The van der Waals surface area contributed by atoms with Crippen LogP contribution in [0.2, 0.25) is 5.02 Å². The molecule has 1 aliphatic carbocycles. The fourth-order valence-corrected chi connectivity index (χ4v) is 3.95. The number of anilines is 2. The van der Waals surface area contributed by atoms with Gasteiger partial charge in [0.05, 0.1) is 16.2 Å². The molecule has 2 fully saturated rings. The number of piperidine rings is 1. The van der Waals surface area contributed by atoms with Gasteiger partial charge in [-0.15, -0.1) is 0 Å². The van der Waals surface area contributed by atoms with E-state index in [1.807, 2.05) is 12.1 Å². The number of nitrogens with one attached hydrogen (secondary N) is 2. The standard InChI is InChI=1S/C18H15ClFN5/c19-11-2-1-3-12(15(11)20)24-17-16-13(22-9-23-17)4-5-14(25-16)18-6-10(18)7-21-8-18/h1-5,9-10,21H,6-8H2,(H,22,23,24). The number of hydrogen-bond donors (Lipinski definition) is 2. The lowest BCUT2D eigenvalue weighted by atomic mass is 10.0. The highest BCUT2D eigenvalue weighted by atomic mass is 35.5. The molecule has 2 atom stereocenters. The minimum atomic E-state index is -0.507. The lowest BCUT2D eigenvalue weighted by molar-refractivity contribution is 0.632. The van der Waals surface area contributed by atoms with Crippen molar-refractivity contribution in [1.29, 1.82) is 0 Å². The summed E-state index contributed by atoms with van der Waals surface area (Å²) in [4.78, 5) is 13.4. The zero-order valence-electron chi connectivity index (χ0n) is 13.3. The summed E-state index contributed by atoms with van der Waals surface area (Å²) in [5.41, 5.74) is 2.83. The quantitative estimate of drug-likeness (QED) is 0.753. The third kappa shape index (κ3) is 2.28. The van der Waals surface area contributed by atoms with Crippen LogP contribution in [0.3, 0.4) is 0 Å². The van der Waals surface area contributed by atoms with Crippen molar-refractivity contribution in [3.8, 4) is 0 Å². The van der Waals surface area contributed by atoms with Crippen molar-refractivity contribution in [2.75, 3.05) is 18.4 Å². The second-order valence-electron chi connectivity index (χ2n) is 6.70. The summed E-state index contributed by atoms with van der Waals surface area (Å²) < 4.78 is 14.2. The van der Waals surface area contributed by atoms with Crippen LogP contribution in [0.5, 0.6) is 0 Å². The maximum Gasteiger partial charge on any atom is 0.165 e. The molecule has 1 saturated heterocycles. The number of nitrogens with zero attached hydrogens (tertiary/aromatic N) is 3. The highest BCUT2D eigenvalue weighted by Gasteiger charge is 2.59. The number of pyridine rings is 1. The van der Waals surface area contributed by atoms with E-state index in [-0.39, 0.29) is 16.1 Å². The van der Waals surface area contributed by atoms with Crippen LogP contribution in [-0.2, 0) is 5.41 Å². The van der Waals surface area contributed by atoms with Crippen LogP contribution in [0.1, 0.15) is 12.1 Å². The Bertz CT molecular complexity index is 994. The average molecular weight is 356 g/mol. The number of fused-ring (bicyclic) bond motifs is 2. The summed E-state index contributed by atoms with van der Waals surface area (Å²) in [6.07, 6.45) is 2.61. The molecule has 2 aliphatic rings. The van der Waals surface area contributed by atoms with E-state index in [1.54, 1.807) is 12.1 Å². The molecule has 0 amide bonds.